The molecule has 1 rings (SSSR count). The van der Waals surface area contributed by atoms with E-state index in [1.165, 1.54) is 0 Å². The minimum Gasteiger partial charge on any atom is -0.385 e. The number of hydrogen-bond donors (Lipinski definition) is 1. The van der Waals surface area contributed by atoms with E-state index >= 15 is 0 Å². The molecule has 0 amide bonds. The second kappa shape index (κ2) is 8.24. The number of rotatable bonds is 3. The first-order valence-corrected chi connectivity index (χ1v) is 5.30. The van der Waals surface area contributed by atoms with Gasteiger partial charge in [-0.15, -0.1) is 0 Å². The molecule has 0 bridgehead atoms. The van der Waals surface area contributed by atoms with E-state index in [4.69, 9.17) is 0 Å². The van der Waals surface area contributed by atoms with Gasteiger partial charge in [-0.2, -0.15) is 0 Å². The first kappa shape index (κ1) is 13.9. The van der Waals surface area contributed by atoms with E-state index in [-0.39, 0.29) is 6.04 Å². The van der Waals surface area contributed by atoms with Crippen molar-refractivity contribution in [2.24, 2.45) is 0 Å². The van der Waals surface area contributed by atoms with Crippen molar-refractivity contribution in [3.05, 3.63) is 23.4 Å². The molecule has 3 heteroatoms. The van der Waals surface area contributed by atoms with Crippen molar-refractivity contribution in [3.63, 3.8) is 0 Å². The SMILES string of the molecule is CCC1=CC(C=O)=CC(C)N1.CCOC. The van der Waals surface area contributed by atoms with E-state index in [1.54, 1.807) is 7.11 Å². The summed E-state index contributed by atoms with van der Waals surface area (Å²) in [5, 5.41) is 3.26. The van der Waals surface area contributed by atoms with Gasteiger partial charge in [0.05, 0.1) is 0 Å². The second-order valence-electron chi connectivity index (χ2n) is 3.32. The fourth-order valence-electron chi connectivity index (χ4n) is 1.19. The van der Waals surface area contributed by atoms with Gasteiger partial charge >= 0.3 is 0 Å². The van der Waals surface area contributed by atoms with Crippen molar-refractivity contribution in [1.29, 1.82) is 0 Å². The zero-order valence-electron chi connectivity index (χ0n) is 10.0. The molecule has 86 valence electrons. The molecule has 0 aromatic carbocycles. The predicted molar refractivity (Wildman–Crippen MR) is 62.7 cm³/mol. The molecule has 15 heavy (non-hydrogen) atoms. The lowest BCUT2D eigenvalue weighted by atomic mass is 10.1. The van der Waals surface area contributed by atoms with Gasteiger partial charge in [0, 0.05) is 31.0 Å². The molecular formula is C12H21NO2. The highest BCUT2D eigenvalue weighted by atomic mass is 16.5. The van der Waals surface area contributed by atoms with Gasteiger partial charge in [-0.3, -0.25) is 4.79 Å². The topological polar surface area (TPSA) is 38.3 Å². The van der Waals surface area contributed by atoms with Crippen molar-refractivity contribution >= 4 is 6.29 Å². The van der Waals surface area contributed by atoms with Crippen LogP contribution in [0.15, 0.2) is 23.4 Å². The Hall–Kier alpha value is -1.09. The number of carbonyl (C=O) groups excluding carboxylic acids is 1. The third-order valence-corrected chi connectivity index (χ3v) is 2.00. The van der Waals surface area contributed by atoms with Crippen molar-refractivity contribution in [2.45, 2.75) is 33.2 Å². The fourth-order valence-corrected chi connectivity index (χ4v) is 1.19. The summed E-state index contributed by atoms with van der Waals surface area (Å²) in [6.45, 7) is 6.88. The van der Waals surface area contributed by atoms with Gasteiger partial charge in [0.15, 0.2) is 0 Å². The molecule has 0 saturated heterocycles. The Kier molecular flexibility index (Phi) is 7.64. The average Bonchev–Trinajstić information content (AvgIpc) is 2.28. The largest absolute Gasteiger partial charge is 0.385 e. The molecule has 0 spiro atoms. The van der Waals surface area contributed by atoms with E-state index in [0.29, 0.717) is 0 Å². The van der Waals surface area contributed by atoms with Crippen LogP contribution in [-0.2, 0) is 9.53 Å². The van der Waals surface area contributed by atoms with Crippen LogP contribution in [0.1, 0.15) is 27.2 Å². The van der Waals surface area contributed by atoms with Crippen molar-refractivity contribution < 1.29 is 9.53 Å². The smallest absolute Gasteiger partial charge is 0.149 e. The summed E-state index contributed by atoms with van der Waals surface area (Å²) in [5.41, 5.74) is 1.93. The molecule has 0 aromatic heterocycles. The van der Waals surface area contributed by atoms with Gasteiger partial charge < -0.3 is 10.1 Å². The molecule has 1 N–H and O–H groups in total. The van der Waals surface area contributed by atoms with Crippen molar-refractivity contribution in [2.75, 3.05) is 13.7 Å². The van der Waals surface area contributed by atoms with Crippen LogP contribution in [0, 0.1) is 0 Å². The van der Waals surface area contributed by atoms with Crippen LogP contribution in [0.5, 0.6) is 0 Å². The normalized spacial score (nSPS) is 19.1. The molecule has 1 unspecified atom stereocenters. The monoisotopic (exact) mass is 211 g/mol. The quantitative estimate of drug-likeness (QED) is 0.726. The Morgan fingerprint density at radius 1 is 1.53 bits per heavy atom. The summed E-state index contributed by atoms with van der Waals surface area (Å²) >= 11 is 0. The van der Waals surface area contributed by atoms with Crippen LogP contribution in [-0.4, -0.2) is 26.0 Å². The minimum absolute atomic E-state index is 0.287. The van der Waals surface area contributed by atoms with Crippen LogP contribution in [0.2, 0.25) is 0 Å². The summed E-state index contributed by atoms with van der Waals surface area (Å²) in [5.74, 6) is 0. The number of dihydropyridines is 1. The first-order valence-electron chi connectivity index (χ1n) is 5.30. The number of methoxy groups -OCH3 is 1. The molecule has 0 aliphatic carbocycles. The maximum Gasteiger partial charge on any atom is 0.149 e. The Bertz CT molecular complexity index is 242. The summed E-state index contributed by atoms with van der Waals surface area (Å²) in [7, 11) is 1.68. The van der Waals surface area contributed by atoms with Crippen LogP contribution in [0.4, 0.5) is 0 Å². The highest BCUT2D eigenvalue weighted by molar-refractivity contribution is 5.78. The van der Waals surface area contributed by atoms with E-state index in [2.05, 4.69) is 17.0 Å². The van der Waals surface area contributed by atoms with Crippen LogP contribution in [0.25, 0.3) is 0 Å². The zero-order chi connectivity index (χ0) is 11.7. The number of aldehydes is 1. The Balaban J connectivity index is 0.000000423. The maximum absolute atomic E-state index is 10.4. The fraction of sp³-hybridized carbons (Fsp3) is 0.583. The van der Waals surface area contributed by atoms with Crippen molar-refractivity contribution in [3.8, 4) is 0 Å². The summed E-state index contributed by atoms with van der Waals surface area (Å²) < 4.78 is 4.54. The lowest BCUT2D eigenvalue weighted by Gasteiger charge is -2.18. The predicted octanol–water partition coefficient (Wildman–Crippen LogP) is 2.05. The summed E-state index contributed by atoms with van der Waals surface area (Å²) in [6.07, 6.45) is 5.67. The lowest BCUT2D eigenvalue weighted by molar-refractivity contribution is -0.104. The highest BCUT2D eigenvalue weighted by Crippen LogP contribution is 2.10. The van der Waals surface area contributed by atoms with Crippen LogP contribution >= 0.6 is 0 Å². The number of allylic oxidation sites excluding steroid dienone is 3. The number of carbonyl (C=O) groups is 1. The van der Waals surface area contributed by atoms with E-state index in [1.807, 2.05) is 26.0 Å². The molecule has 1 aliphatic rings. The van der Waals surface area contributed by atoms with Crippen molar-refractivity contribution in [1.82, 2.24) is 5.32 Å². The molecule has 1 heterocycles. The minimum atomic E-state index is 0.287. The molecular weight excluding hydrogens is 190 g/mol. The molecule has 3 nitrogen and oxygen atoms in total. The van der Waals surface area contributed by atoms with Gasteiger partial charge in [-0.1, -0.05) is 13.0 Å². The highest BCUT2D eigenvalue weighted by Gasteiger charge is 2.07. The van der Waals surface area contributed by atoms with Crippen LogP contribution < -0.4 is 5.32 Å². The number of nitrogens with one attached hydrogen (secondary N) is 1. The molecule has 0 saturated carbocycles. The third-order valence-electron chi connectivity index (χ3n) is 2.00. The Morgan fingerprint density at radius 3 is 2.53 bits per heavy atom. The second-order valence-corrected chi connectivity index (χ2v) is 3.32. The summed E-state index contributed by atoms with van der Waals surface area (Å²) in [6, 6.07) is 0.287. The maximum atomic E-state index is 10.4. The molecule has 1 atom stereocenters. The molecule has 1 aliphatic heterocycles. The van der Waals surface area contributed by atoms with Gasteiger partial charge in [-0.05, 0) is 26.3 Å². The summed E-state index contributed by atoms with van der Waals surface area (Å²) in [4.78, 5) is 10.4. The van der Waals surface area contributed by atoms with Gasteiger partial charge in [0.25, 0.3) is 0 Å². The van der Waals surface area contributed by atoms with Gasteiger partial charge in [-0.25, -0.2) is 0 Å². The standard InChI is InChI=1S/C9H13NO.C3H8O/c1-3-9-5-8(6-11)4-7(2)10-9;1-3-4-2/h4-7,10H,3H2,1-2H3;3H2,1-2H3. The van der Waals surface area contributed by atoms with Gasteiger partial charge in [0.1, 0.15) is 6.29 Å². The Labute approximate surface area is 92.2 Å². The van der Waals surface area contributed by atoms with E-state index < -0.39 is 0 Å². The Morgan fingerprint density at radius 2 is 2.13 bits per heavy atom. The number of hydrogen-bond acceptors (Lipinski definition) is 3. The number of ether oxygens (including phenoxy) is 1. The molecule has 0 fully saturated rings. The zero-order valence-corrected chi connectivity index (χ0v) is 10.0. The van der Waals surface area contributed by atoms with Crippen LogP contribution in [0.3, 0.4) is 0 Å². The first-order chi connectivity index (χ1) is 7.17. The molecule has 0 aromatic rings. The molecule has 0 radical (unpaired) electrons. The van der Waals surface area contributed by atoms with E-state index in [9.17, 15) is 4.79 Å². The third kappa shape index (κ3) is 6.07. The lowest BCUT2D eigenvalue weighted by Crippen LogP contribution is -2.26. The van der Waals surface area contributed by atoms with E-state index in [0.717, 1.165) is 30.6 Å². The van der Waals surface area contributed by atoms with Gasteiger partial charge in [0.2, 0.25) is 0 Å². The average molecular weight is 211 g/mol.